The molecule has 1 aromatic carbocycles. The topological polar surface area (TPSA) is 88.3 Å². The lowest BCUT2D eigenvalue weighted by molar-refractivity contribution is 0.0996. The van der Waals surface area contributed by atoms with Crippen molar-refractivity contribution in [3.63, 3.8) is 0 Å². The van der Waals surface area contributed by atoms with Gasteiger partial charge in [-0.15, -0.1) is 0 Å². The molecule has 1 fully saturated rings. The monoisotopic (exact) mass is 358 g/mol. The number of hydrogen-bond acceptors (Lipinski definition) is 4. The Morgan fingerprint density at radius 3 is 2.60 bits per heavy atom. The molecule has 2 amide bonds. The number of halogens is 1. The van der Waals surface area contributed by atoms with Crippen LogP contribution in [0.1, 0.15) is 40.0 Å². The normalized spacial score (nSPS) is 14.2. The van der Waals surface area contributed by atoms with Gasteiger partial charge in [0.05, 0.1) is 16.9 Å². The maximum atomic E-state index is 12.6. The highest BCUT2D eigenvalue weighted by molar-refractivity contribution is 6.33. The summed E-state index contributed by atoms with van der Waals surface area (Å²) in [5.41, 5.74) is 7.42. The number of pyridine rings is 1. The van der Waals surface area contributed by atoms with Crippen molar-refractivity contribution in [1.82, 2.24) is 4.98 Å². The van der Waals surface area contributed by atoms with Crippen LogP contribution in [0.15, 0.2) is 36.5 Å². The molecule has 0 atom stereocenters. The number of piperidine rings is 1. The Hall–Kier alpha value is -2.60. The van der Waals surface area contributed by atoms with Crippen molar-refractivity contribution in [2.75, 3.05) is 23.3 Å². The fourth-order valence-corrected chi connectivity index (χ4v) is 3.15. The van der Waals surface area contributed by atoms with Crippen LogP contribution >= 0.6 is 11.6 Å². The summed E-state index contributed by atoms with van der Waals surface area (Å²) >= 11 is 6.00. The average Bonchev–Trinajstić information content (AvgIpc) is 2.62. The number of aromatic nitrogens is 1. The van der Waals surface area contributed by atoms with E-state index in [1.165, 1.54) is 12.6 Å². The molecular formula is C18H19ClN4O2. The highest BCUT2D eigenvalue weighted by Gasteiger charge is 2.19. The highest BCUT2D eigenvalue weighted by atomic mass is 35.5. The Labute approximate surface area is 151 Å². The third-order valence-electron chi connectivity index (χ3n) is 4.23. The fourth-order valence-electron chi connectivity index (χ4n) is 2.95. The molecule has 0 saturated carbocycles. The van der Waals surface area contributed by atoms with Crippen LogP contribution in [0.3, 0.4) is 0 Å². The maximum absolute atomic E-state index is 12.6. The summed E-state index contributed by atoms with van der Waals surface area (Å²) in [6, 6.07) is 8.36. The summed E-state index contributed by atoms with van der Waals surface area (Å²) in [6.07, 6.45) is 4.91. The molecule has 2 heterocycles. The second-order valence-electron chi connectivity index (χ2n) is 5.94. The number of amides is 2. The molecule has 1 aromatic heterocycles. The van der Waals surface area contributed by atoms with Gasteiger partial charge in [-0.25, -0.2) is 4.98 Å². The largest absolute Gasteiger partial charge is 0.370 e. The number of benzene rings is 1. The summed E-state index contributed by atoms with van der Waals surface area (Å²) in [4.78, 5) is 30.2. The minimum atomic E-state index is -0.542. The predicted molar refractivity (Wildman–Crippen MR) is 98.2 cm³/mol. The van der Waals surface area contributed by atoms with Gasteiger partial charge >= 0.3 is 0 Å². The number of carbonyl (C=O) groups is 2. The first-order chi connectivity index (χ1) is 12.1. The summed E-state index contributed by atoms with van der Waals surface area (Å²) in [6.45, 7) is 1.82. The number of nitrogens with one attached hydrogen (secondary N) is 1. The molecule has 2 aromatic rings. The quantitative estimate of drug-likeness (QED) is 0.822. The van der Waals surface area contributed by atoms with Crippen molar-refractivity contribution < 1.29 is 9.59 Å². The second-order valence-corrected chi connectivity index (χ2v) is 6.30. The van der Waals surface area contributed by atoms with Gasteiger partial charge in [0, 0.05) is 24.8 Å². The third-order valence-corrected chi connectivity index (χ3v) is 4.53. The molecule has 7 heteroatoms. The molecule has 1 aliphatic rings. The molecule has 3 rings (SSSR count). The first kappa shape index (κ1) is 17.2. The number of carbonyl (C=O) groups excluding carboxylic acids is 2. The minimum absolute atomic E-state index is 0.130. The van der Waals surface area contributed by atoms with Crippen molar-refractivity contribution in [1.29, 1.82) is 0 Å². The molecule has 6 nitrogen and oxygen atoms in total. The van der Waals surface area contributed by atoms with Crippen LogP contribution in [0.2, 0.25) is 5.15 Å². The van der Waals surface area contributed by atoms with Crippen LogP contribution in [-0.4, -0.2) is 29.9 Å². The Kier molecular flexibility index (Phi) is 5.19. The van der Waals surface area contributed by atoms with E-state index in [9.17, 15) is 9.59 Å². The van der Waals surface area contributed by atoms with E-state index < -0.39 is 5.91 Å². The van der Waals surface area contributed by atoms with Gasteiger partial charge in [0.15, 0.2) is 0 Å². The van der Waals surface area contributed by atoms with Gasteiger partial charge in [-0.1, -0.05) is 11.6 Å². The number of nitrogens with two attached hydrogens (primary N) is 1. The van der Waals surface area contributed by atoms with Crippen LogP contribution in [0.25, 0.3) is 0 Å². The van der Waals surface area contributed by atoms with Crippen molar-refractivity contribution in [2.45, 2.75) is 19.3 Å². The lowest BCUT2D eigenvalue weighted by Crippen LogP contribution is -2.30. The lowest BCUT2D eigenvalue weighted by atomic mass is 10.1. The minimum Gasteiger partial charge on any atom is -0.370 e. The van der Waals surface area contributed by atoms with E-state index in [1.54, 1.807) is 24.3 Å². The van der Waals surface area contributed by atoms with Gasteiger partial charge in [0.25, 0.3) is 5.91 Å². The fraction of sp³-hybridized carbons (Fsp3) is 0.278. The van der Waals surface area contributed by atoms with E-state index in [1.807, 2.05) is 6.07 Å². The SMILES string of the molecule is NC(=O)c1ccc(N2CCCCC2)c(NC(=O)c2cccnc2Cl)c1. The van der Waals surface area contributed by atoms with Crippen molar-refractivity contribution in [3.8, 4) is 0 Å². The van der Waals surface area contributed by atoms with E-state index in [0.29, 0.717) is 11.3 Å². The summed E-state index contributed by atoms with van der Waals surface area (Å²) < 4.78 is 0. The first-order valence-electron chi connectivity index (χ1n) is 8.17. The Balaban J connectivity index is 1.94. The van der Waals surface area contributed by atoms with E-state index in [2.05, 4.69) is 15.2 Å². The van der Waals surface area contributed by atoms with Crippen LogP contribution in [0.4, 0.5) is 11.4 Å². The van der Waals surface area contributed by atoms with Crippen molar-refractivity contribution >= 4 is 34.8 Å². The van der Waals surface area contributed by atoms with Gasteiger partial charge in [0.2, 0.25) is 5.91 Å². The molecule has 0 bridgehead atoms. The number of nitrogens with zero attached hydrogens (tertiary/aromatic N) is 2. The van der Waals surface area contributed by atoms with Crippen molar-refractivity contribution in [2.24, 2.45) is 5.73 Å². The summed E-state index contributed by atoms with van der Waals surface area (Å²) in [5, 5.41) is 2.98. The third kappa shape index (κ3) is 3.91. The van der Waals surface area contributed by atoms with Gasteiger partial charge in [0.1, 0.15) is 5.15 Å². The van der Waals surface area contributed by atoms with Gasteiger partial charge in [-0.2, -0.15) is 0 Å². The lowest BCUT2D eigenvalue weighted by Gasteiger charge is -2.30. The van der Waals surface area contributed by atoms with E-state index in [4.69, 9.17) is 17.3 Å². The number of hydrogen-bond donors (Lipinski definition) is 2. The van der Waals surface area contributed by atoms with Gasteiger partial charge in [-0.05, 0) is 49.6 Å². The Morgan fingerprint density at radius 1 is 1.16 bits per heavy atom. The predicted octanol–water partition coefficient (Wildman–Crippen LogP) is 3.08. The van der Waals surface area contributed by atoms with E-state index in [0.717, 1.165) is 31.6 Å². The molecule has 0 radical (unpaired) electrons. The zero-order valence-corrected chi connectivity index (χ0v) is 14.4. The van der Waals surface area contributed by atoms with E-state index >= 15 is 0 Å². The second kappa shape index (κ2) is 7.53. The maximum Gasteiger partial charge on any atom is 0.258 e. The van der Waals surface area contributed by atoms with Gasteiger partial charge in [-0.3, -0.25) is 9.59 Å². The standard InChI is InChI=1S/C18H19ClN4O2/c19-16-13(5-4-8-21-16)18(25)22-14-11-12(17(20)24)6-7-15(14)23-9-2-1-3-10-23/h4-8,11H,1-3,9-10H2,(H2,20,24)(H,22,25). The zero-order chi connectivity index (χ0) is 17.8. The zero-order valence-electron chi connectivity index (χ0n) is 13.7. The number of anilines is 2. The Bertz CT molecular complexity index is 803. The molecule has 25 heavy (non-hydrogen) atoms. The van der Waals surface area contributed by atoms with Crippen LogP contribution in [0.5, 0.6) is 0 Å². The molecule has 0 aliphatic carbocycles. The van der Waals surface area contributed by atoms with E-state index in [-0.39, 0.29) is 16.6 Å². The molecule has 1 saturated heterocycles. The number of rotatable bonds is 4. The highest BCUT2D eigenvalue weighted by Crippen LogP contribution is 2.30. The first-order valence-corrected chi connectivity index (χ1v) is 8.55. The Morgan fingerprint density at radius 2 is 1.92 bits per heavy atom. The van der Waals surface area contributed by atoms with Gasteiger partial charge < -0.3 is 16.0 Å². The summed E-state index contributed by atoms with van der Waals surface area (Å²) in [7, 11) is 0. The molecule has 1 aliphatic heterocycles. The number of primary amides is 1. The van der Waals surface area contributed by atoms with Crippen molar-refractivity contribution in [3.05, 3.63) is 52.8 Å². The molecule has 0 spiro atoms. The molecule has 3 N–H and O–H groups in total. The van der Waals surface area contributed by atoms with Crippen LogP contribution in [0, 0.1) is 0 Å². The van der Waals surface area contributed by atoms with Crippen LogP contribution < -0.4 is 16.0 Å². The molecule has 0 unspecified atom stereocenters. The average molecular weight is 359 g/mol. The molecular weight excluding hydrogens is 340 g/mol. The summed E-state index contributed by atoms with van der Waals surface area (Å²) in [5.74, 6) is -0.918. The molecule has 130 valence electrons. The smallest absolute Gasteiger partial charge is 0.258 e. The van der Waals surface area contributed by atoms with Crippen LogP contribution in [-0.2, 0) is 0 Å².